The average molecular weight is 610 g/mol. The fourth-order valence-corrected chi connectivity index (χ4v) is 7.33. The minimum Gasteiger partial charge on any atom is -0.352 e. The highest BCUT2D eigenvalue weighted by Crippen LogP contribution is 2.29. The number of hydrogen-bond donors (Lipinski definition) is 1. The van der Waals surface area contributed by atoms with E-state index in [0.717, 1.165) is 47.5 Å². The number of carbonyl (C=O) groups excluding carboxylic acids is 2. The van der Waals surface area contributed by atoms with Crippen molar-refractivity contribution in [2.75, 3.05) is 10.8 Å². The number of anilines is 1. The van der Waals surface area contributed by atoms with Gasteiger partial charge in [0.05, 0.1) is 10.6 Å². The largest absolute Gasteiger partial charge is 0.352 e. The van der Waals surface area contributed by atoms with Gasteiger partial charge in [-0.3, -0.25) is 13.9 Å². The molecule has 0 saturated heterocycles. The van der Waals surface area contributed by atoms with E-state index in [0.29, 0.717) is 22.7 Å². The van der Waals surface area contributed by atoms with Gasteiger partial charge in [-0.2, -0.15) is 0 Å². The molecule has 0 heterocycles. The molecule has 0 bridgehead atoms. The van der Waals surface area contributed by atoms with E-state index in [-0.39, 0.29) is 23.4 Å². The van der Waals surface area contributed by atoms with Crippen molar-refractivity contribution in [1.82, 2.24) is 10.2 Å². The Balaban J connectivity index is 1.72. The minimum atomic E-state index is -4.13. The lowest BCUT2D eigenvalue weighted by Gasteiger charge is -2.34. The SMILES string of the molecule is CC[C@H](C(=O)NC1CCCCC1)N(Cc1cccc(C)c1)C(=O)CN(c1ccc(Cl)cc1C)S(=O)(=O)c1ccccc1. The van der Waals surface area contributed by atoms with Crippen molar-refractivity contribution in [2.45, 2.75) is 82.8 Å². The quantitative estimate of drug-likeness (QED) is 0.272. The molecule has 0 unspecified atom stereocenters. The fraction of sp³-hybridized carbons (Fsp3) is 0.394. The minimum absolute atomic E-state index is 0.0690. The molecule has 0 aromatic heterocycles. The molecule has 0 spiro atoms. The summed E-state index contributed by atoms with van der Waals surface area (Å²) in [4.78, 5) is 29.5. The van der Waals surface area contributed by atoms with Gasteiger partial charge in [0.1, 0.15) is 12.6 Å². The third-order valence-electron chi connectivity index (χ3n) is 7.81. The molecule has 42 heavy (non-hydrogen) atoms. The second kappa shape index (κ2) is 14.2. The van der Waals surface area contributed by atoms with Crippen molar-refractivity contribution >= 4 is 39.1 Å². The van der Waals surface area contributed by atoms with Gasteiger partial charge in [-0.25, -0.2) is 8.42 Å². The number of carbonyl (C=O) groups is 2. The first-order valence-corrected chi connectivity index (χ1v) is 16.4. The Morgan fingerprint density at radius 2 is 1.67 bits per heavy atom. The summed E-state index contributed by atoms with van der Waals surface area (Å²) < 4.78 is 29.2. The lowest BCUT2D eigenvalue weighted by Crippen LogP contribution is -2.54. The van der Waals surface area contributed by atoms with E-state index in [1.165, 1.54) is 17.0 Å². The van der Waals surface area contributed by atoms with E-state index in [1.54, 1.807) is 43.3 Å². The first-order valence-electron chi connectivity index (χ1n) is 14.6. The van der Waals surface area contributed by atoms with Crippen LogP contribution >= 0.6 is 11.6 Å². The van der Waals surface area contributed by atoms with E-state index in [4.69, 9.17) is 11.6 Å². The summed E-state index contributed by atoms with van der Waals surface area (Å²) in [5.74, 6) is -0.665. The molecule has 7 nitrogen and oxygen atoms in total. The van der Waals surface area contributed by atoms with E-state index < -0.39 is 28.5 Å². The van der Waals surface area contributed by atoms with Crippen LogP contribution in [0.15, 0.2) is 77.7 Å². The molecule has 0 radical (unpaired) electrons. The van der Waals surface area contributed by atoms with Crippen molar-refractivity contribution in [3.63, 3.8) is 0 Å². The van der Waals surface area contributed by atoms with Gasteiger partial charge in [-0.15, -0.1) is 0 Å². The first-order chi connectivity index (χ1) is 20.1. The summed E-state index contributed by atoms with van der Waals surface area (Å²) in [6.45, 7) is 5.31. The molecule has 1 fully saturated rings. The molecule has 1 atom stereocenters. The predicted octanol–water partition coefficient (Wildman–Crippen LogP) is 6.41. The molecule has 1 N–H and O–H groups in total. The fourth-order valence-electron chi connectivity index (χ4n) is 5.60. The first kappa shape index (κ1) is 31.6. The van der Waals surface area contributed by atoms with Crippen LogP contribution in [0.4, 0.5) is 5.69 Å². The van der Waals surface area contributed by atoms with Gasteiger partial charge in [0.25, 0.3) is 10.0 Å². The molecule has 1 aliphatic rings. The summed E-state index contributed by atoms with van der Waals surface area (Å²) in [7, 11) is -4.13. The van der Waals surface area contributed by atoms with Crippen molar-refractivity contribution in [3.05, 3.63) is 94.5 Å². The zero-order chi connectivity index (χ0) is 30.3. The number of nitrogens with zero attached hydrogens (tertiary/aromatic N) is 2. The number of aryl methyl sites for hydroxylation is 2. The Morgan fingerprint density at radius 3 is 2.31 bits per heavy atom. The van der Waals surface area contributed by atoms with Gasteiger partial charge in [0, 0.05) is 17.6 Å². The lowest BCUT2D eigenvalue weighted by atomic mass is 9.95. The maximum absolute atomic E-state index is 14.3. The standard InChI is InChI=1S/C33H40ClN3O4S/c1-4-30(33(39)35-28-14-7-5-8-15-28)36(22-26-13-11-12-24(2)20-26)32(38)23-37(31-19-18-27(34)21-25(31)3)42(40,41)29-16-9-6-10-17-29/h6,9-13,16-21,28,30H,4-5,7-8,14-15,22-23H2,1-3H3,(H,35,39)/t30-/m1/s1. The molecule has 0 aliphatic heterocycles. The topological polar surface area (TPSA) is 86.8 Å². The number of amides is 2. The van der Waals surface area contributed by atoms with Crippen LogP contribution < -0.4 is 9.62 Å². The number of halogens is 1. The monoisotopic (exact) mass is 609 g/mol. The smallest absolute Gasteiger partial charge is 0.264 e. The predicted molar refractivity (Wildman–Crippen MR) is 168 cm³/mol. The van der Waals surface area contributed by atoms with Gasteiger partial charge < -0.3 is 10.2 Å². The van der Waals surface area contributed by atoms with Crippen molar-refractivity contribution in [2.24, 2.45) is 0 Å². The van der Waals surface area contributed by atoms with E-state index >= 15 is 0 Å². The zero-order valence-electron chi connectivity index (χ0n) is 24.6. The Hall–Kier alpha value is -3.36. The second-order valence-corrected chi connectivity index (χ2v) is 13.3. The summed E-state index contributed by atoms with van der Waals surface area (Å²) in [5, 5.41) is 3.64. The number of benzene rings is 3. The number of sulfonamides is 1. The summed E-state index contributed by atoms with van der Waals surface area (Å²) >= 11 is 6.20. The highest BCUT2D eigenvalue weighted by Gasteiger charge is 2.34. The van der Waals surface area contributed by atoms with Gasteiger partial charge >= 0.3 is 0 Å². The number of hydrogen-bond acceptors (Lipinski definition) is 4. The number of rotatable bonds is 11. The molecular weight excluding hydrogens is 570 g/mol. The number of nitrogens with one attached hydrogen (secondary N) is 1. The van der Waals surface area contributed by atoms with Crippen LogP contribution in [0.3, 0.4) is 0 Å². The van der Waals surface area contributed by atoms with E-state index in [1.807, 2.05) is 38.1 Å². The maximum Gasteiger partial charge on any atom is 0.264 e. The van der Waals surface area contributed by atoms with E-state index in [9.17, 15) is 18.0 Å². The molecule has 9 heteroatoms. The average Bonchev–Trinajstić information content (AvgIpc) is 2.97. The molecule has 2 amide bonds. The van der Waals surface area contributed by atoms with Crippen LogP contribution in [0.25, 0.3) is 0 Å². The van der Waals surface area contributed by atoms with Crippen LogP contribution in [0.2, 0.25) is 5.02 Å². The summed E-state index contributed by atoms with van der Waals surface area (Å²) in [6.07, 6.45) is 5.54. The zero-order valence-corrected chi connectivity index (χ0v) is 26.1. The van der Waals surface area contributed by atoms with Crippen LogP contribution in [0, 0.1) is 13.8 Å². The second-order valence-electron chi connectivity index (χ2n) is 11.0. The Morgan fingerprint density at radius 1 is 0.952 bits per heavy atom. The summed E-state index contributed by atoms with van der Waals surface area (Å²) in [6, 6.07) is 20.1. The van der Waals surface area contributed by atoms with E-state index in [2.05, 4.69) is 5.32 Å². The van der Waals surface area contributed by atoms with Crippen molar-refractivity contribution in [3.8, 4) is 0 Å². The molecule has 224 valence electrons. The molecular formula is C33H40ClN3O4S. The van der Waals surface area contributed by atoms with Gasteiger partial charge in [-0.1, -0.05) is 85.8 Å². The van der Waals surface area contributed by atoms with Gasteiger partial charge in [-0.05, 0) is 74.6 Å². The Kier molecular flexibility index (Phi) is 10.7. The van der Waals surface area contributed by atoms with Crippen LogP contribution in [-0.4, -0.2) is 43.8 Å². The van der Waals surface area contributed by atoms with Crippen molar-refractivity contribution < 1.29 is 18.0 Å². The van der Waals surface area contributed by atoms with Crippen LogP contribution in [0.1, 0.15) is 62.1 Å². The van der Waals surface area contributed by atoms with Gasteiger partial charge in [0.15, 0.2) is 0 Å². The molecule has 1 saturated carbocycles. The van der Waals surface area contributed by atoms with Gasteiger partial charge in [0.2, 0.25) is 11.8 Å². The highest BCUT2D eigenvalue weighted by molar-refractivity contribution is 7.92. The normalized spacial score (nSPS) is 14.7. The van der Waals surface area contributed by atoms with Crippen LogP contribution in [-0.2, 0) is 26.2 Å². The third kappa shape index (κ3) is 7.72. The lowest BCUT2D eigenvalue weighted by molar-refractivity contribution is -0.140. The third-order valence-corrected chi connectivity index (χ3v) is 9.82. The van der Waals surface area contributed by atoms with Crippen molar-refractivity contribution in [1.29, 1.82) is 0 Å². The van der Waals surface area contributed by atoms with Crippen LogP contribution in [0.5, 0.6) is 0 Å². The molecule has 4 rings (SSSR count). The molecule has 3 aromatic rings. The summed E-state index contributed by atoms with van der Waals surface area (Å²) in [5.41, 5.74) is 2.87. The molecule has 3 aromatic carbocycles. The highest BCUT2D eigenvalue weighted by atomic mass is 35.5. The Bertz CT molecular complexity index is 1490. The maximum atomic E-state index is 14.3. The Labute approximate surface area is 254 Å². The molecule has 1 aliphatic carbocycles.